The Kier molecular flexibility index (Phi) is 6.37. The van der Waals surface area contributed by atoms with Crippen LogP contribution in [0.1, 0.15) is 33.3 Å². The zero-order valence-electron chi connectivity index (χ0n) is 12.9. The summed E-state index contributed by atoms with van der Waals surface area (Å²) in [6.45, 7) is 7.46. The molecule has 0 aliphatic heterocycles. The zero-order chi connectivity index (χ0) is 15.9. The molecule has 5 heteroatoms. The number of amides is 1. The Morgan fingerprint density at radius 3 is 2.43 bits per heavy atom. The molecular weight excluding hydrogens is 270 g/mol. The van der Waals surface area contributed by atoms with E-state index in [4.69, 9.17) is 9.47 Å². The van der Waals surface area contributed by atoms with Gasteiger partial charge in [-0.15, -0.1) is 0 Å². The first-order valence-electron chi connectivity index (χ1n) is 6.86. The van der Waals surface area contributed by atoms with Gasteiger partial charge in [-0.05, 0) is 33.3 Å². The highest BCUT2D eigenvalue weighted by Crippen LogP contribution is 2.13. The number of aldehydes is 1. The summed E-state index contributed by atoms with van der Waals surface area (Å²) in [4.78, 5) is 22.7. The minimum atomic E-state index is -0.868. The first-order chi connectivity index (χ1) is 9.81. The molecule has 0 unspecified atom stereocenters. The third-order valence-corrected chi connectivity index (χ3v) is 2.62. The van der Waals surface area contributed by atoms with Gasteiger partial charge in [-0.3, -0.25) is 0 Å². The minimum Gasteiger partial charge on any atom is -0.443 e. The highest BCUT2D eigenvalue weighted by atomic mass is 16.5. The van der Waals surface area contributed by atoms with Gasteiger partial charge in [0.2, 0.25) is 0 Å². The molecule has 2 atom stereocenters. The number of nitrogens with zero attached hydrogens (tertiary/aromatic N) is 1. The normalized spacial score (nSPS) is 14.1. The number of ether oxygens (including phenoxy) is 2. The lowest BCUT2D eigenvalue weighted by atomic mass is 10.1. The van der Waals surface area contributed by atoms with Gasteiger partial charge in [-0.1, -0.05) is 30.3 Å². The van der Waals surface area contributed by atoms with Crippen molar-refractivity contribution in [2.45, 2.75) is 52.0 Å². The predicted molar refractivity (Wildman–Crippen MR) is 78.9 cm³/mol. The molecule has 0 N–H and O–H groups in total. The van der Waals surface area contributed by atoms with Gasteiger partial charge in [0.1, 0.15) is 18.9 Å². The summed E-state index contributed by atoms with van der Waals surface area (Å²) in [6, 6.07) is 8.41. The maximum Gasteiger partial charge on any atom is 0.430 e. The first-order valence-corrected chi connectivity index (χ1v) is 6.86. The summed E-state index contributed by atoms with van der Waals surface area (Å²) in [7, 11) is 0. The van der Waals surface area contributed by atoms with Crippen molar-refractivity contribution in [2.75, 3.05) is 0 Å². The Balaban J connectivity index is 2.45. The van der Waals surface area contributed by atoms with E-state index in [0.29, 0.717) is 6.29 Å². The van der Waals surface area contributed by atoms with Crippen molar-refractivity contribution in [3.05, 3.63) is 35.9 Å². The molecule has 115 valence electrons. The van der Waals surface area contributed by atoms with Gasteiger partial charge < -0.3 is 14.3 Å². The molecule has 0 aliphatic carbocycles. The van der Waals surface area contributed by atoms with E-state index >= 15 is 0 Å². The first kappa shape index (κ1) is 17.2. The molecule has 0 saturated heterocycles. The Hall–Kier alpha value is -1.88. The van der Waals surface area contributed by atoms with Gasteiger partial charge in [-0.2, -0.15) is 5.32 Å². The van der Waals surface area contributed by atoms with Crippen LogP contribution in [0.5, 0.6) is 0 Å². The Labute approximate surface area is 125 Å². The molecule has 0 fully saturated rings. The molecule has 0 aromatic heterocycles. The summed E-state index contributed by atoms with van der Waals surface area (Å²) in [5.74, 6) is 0. The second-order valence-corrected chi connectivity index (χ2v) is 5.73. The van der Waals surface area contributed by atoms with Gasteiger partial charge in [-0.25, -0.2) is 4.79 Å². The van der Waals surface area contributed by atoms with E-state index in [-0.39, 0.29) is 6.61 Å². The molecule has 0 aliphatic rings. The molecule has 1 rings (SSSR count). The molecule has 1 aromatic carbocycles. The van der Waals surface area contributed by atoms with Crippen molar-refractivity contribution in [2.24, 2.45) is 0 Å². The quantitative estimate of drug-likeness (QED) is 0.756. The fraction of sp³-hybridized carbons (Fsp3) is 0.500. The lowest BCUT2D eigenvalue weighted by Gasteiger charge is -2.27. The van der Waals surface area contributed by atoms with Crippen molar-refractivity contribution >= 4 is 12.4 Å². The zero-order valence-corrected chi connectivity index (χ0v) is 12.9. The lowest BCUT2D eigenvalue weighted by molar-refractivity contribution is -0.117. The monoisotopic (exact) mass is 292 g/mol. The molecule has 1 aromatic rings. The van der Waals surface area contributed by atoms with Crippen LogP contribution >= 0.6 is 0 Å². The Morgan fingerprint density at radius 1 is 1.29 bits per heavy atom. The van der Waals surface area contributed by atoms with Crippen LogP contribution in [0, 0.1) is 0 Å². The lowest BCUT2D eigenvalue weighted by Crippen LogP contribution is -2.42. The fourth-order valence-corrected chi connectivity index (χ4v) is 1.75. The topological polar surface area (TPSA) is 66.7 Å². The second-order valence-electron chi connectivity index (χ2n) is 5.73. The second kappa shape index (κ2) is 7.78. The Bertz CT molecular complexity index is 453. The molecule has 0 bridgehead atoms. The van der Waals surface area contributed by atoms with Crippen LogP contribution in [0.2, 0.25) is 0 Å². The van der Waals surface area contributed by atoms with E-state index in [0.717, 1.165) is 5.56 Å². The molecule has 1 amide bonds. The number of carbonyl (C=O) groups excluding carboxylic acids is 2. The number of carbonyl (C=O) groups is 2. The van der Waals surface area contributed by atoms with Crippen molar-refractivity contribution in [1.29, 1.82) is 0 Å². The summed E-state index contributed by atoms with van der Waals surface area (Å²) in [5.41, 5.74) is 0.451. The van der Waals surface area contributed by atoms with E-state index in [1.54, 1.807) is 6.92 Å². The predicted octanol–water partition coefficient (Wildman–Crippen LogP) is 2.70. The van der Waals surface area contributed by atoms with Gasteiger partial charge in [0.15, 0.2) is 0 Å². The molecular formula is C16H22NO4. The summed E-state index contributed by atoms with van der Waals surface area (Å²) in [5, 5.41) is 3.74. The van der Waals surface area contributed by atoms with E-state index < -0.39 is 23.8 Å². The average molecular weight is 292 g/mol. The standard InChI is InChI=1S/C16H22NO4/c1-12(21-16(2,3)4)14(10-18)17-15(19)20-11-13-8-6-5-7-9-13/h5-10,12,14H,11H2,1-4H3/t12-,14-/m1/s1. The molecule has 0 spiro atoms. The van der Waals surface area contributed by atoms with Crippen LogP contribution in [0.4, 0.5) is 4.79 Å². The average Bonchev–Trinajstić information content (AvgIpc) is 2.41. The SMILES string of the molecule is C[C@@H](OC(C)(C)C)[C@@H](C=O)[N]C(=O)OCc1ccccc1. The molecule has 1 radical (unpaired) electrons. The maximum absolute atomic E-state index is 11.7. The maximum atomic E-state index is 11.7. The van der Waals surface area contributed by atoms with Crippen LogP contribution in [0.3, 0.4) is 0 Å². The minimum absolute atomic E-state index is 0.128. The summed E-state index contributed by atoms with van der Waals surface area (Å²) < 4.78 is 10.6. The number of hydrogen-bond donors (Lipinski definition) is 0. The van der Waals surface area contributed by atoms with Crippen LogP contribution in [-0.4, -0.2) is 30.1 Å². The number of hydrogen-bond acceptors (Lipinski definition) is 4. The Morgan fingerprint density at radius 2 is 1.90 bits per heavy atom. The highest BCUT2D eigenvalue weighted by Gasteiger charge is 2.26. The molecule has 0 saturated carbocycles. The summed E-state index contributed by atoms with van der Waals surface area (Å²) >= 11 is 0. The van der Waals surface area contributed by atoms with E-state index in [2.05, 4.69) is 5.32 Å². The summed E-state index contributed by atoms with van der Waals surface area (Å²) in [6.07, 6.45) is -0.660. The highest BCUT2D eigenvalue weighted by molar-refractivity contribution is 5.73. The van der Waals surface area contributed by atoms with Crippen molar-refractivity contribution in [3.63, 3.8) is 0 Å². The fourth-order valence-electron chi connectivity index (χ4n) is 1.75. The third kappa shape index (κ3) is 6.90. The third-order valence-electron chi connectivity index (χ3n) is 2.62. The van der Waals surface area contributed by atoms with Crippen molar-refractivity contribution in [3.8, 4) is 0 Å². The van der Waals surface area contributed by atoms with Gasteiger partial charge >= 0.3 is 6.09 Å². The van der Waals surface area contributed by atoms with E-state index in [9.17, 15) is 9.59 Å². The number of rotatable bonds is 6. The van der Waals surface area contributed by atoms with Gasteiger partial charge in [0, 0.05) is 0 Å². The van der Waals surface area contributed by atoms with Crippen LogP contribution in [-0.2, 0) is 20.9 Å². The van der Waals surface area contributed by atoms with Gasteiger partial charge in [0.25, 0.3) is 0 Å². The largest absolute Gasteiger partial charge is 0.443 e. The molecule has 21 heavy (non-hydrogen) atoms. The van der Waals surface area contributed by atoms with Crippen LogP contribution < -0.4 is 5.32 Å². The molecule has 5 nitrogen and oxygen atoms in total. The van der Waals surface area contributed by atoms with E-state index in [1.165, 1.54) is 0 Å². The van der Waals surface area contributed by atoms with Crippen molar-refractivity contribution < 1.29 is 19.1 Å². The number of benzene rings is 1. The van der Waals surface area contributed by atoms with Crippen LogP contribution in [0.15, 0.2) is 30.3 Å². The molecule has 0 heterocycles. The van der Waals surface area contributed by atoms with Crippen LogP contribution in [0.25, 0.3) is 0 Å². The van der Waals surface area contributed by atoms with Gasteiger partial charge in [0.05, 0.1) is 11.7 Å². The smallest absolute Gasteiger partial charge is 0.430 e. The van der Waals surface area contributed by atoms with E-state index in [1.807, 2.05) is 51.1 Å². The van der Waals surface area contributed by atoms with Crippen molar-refractivity contribution in [1.82, 2.24) is 5.32 Å².